The molecule has 1 saturated carbocycles. The van der Waals surface area contributed by atoms with E-state index in [1.807, 2.05) is 31.2 Å². The Morgan fingerprint density at radius 3 is 2.88 bits per heavy atom. The highest BCUT2D eigenvalue weighted by Crippen LogP contribution is 2.28. The van der Waals surface area contributed by atoms with Crippen molar-refractivity contribution in [3.8, 4) is 5.75 Å². The number of hydrogen-bond donors (Lipinski definition) is 1. The van der Waals surface area contributed by atoms with Crippen LogP contribution in [-0.2, 0) is 0 Å². The maximum atomic E-state index is 9.89. The largest absolute Gasteiger partial charge is 0.488 e. The molecule has 1 fully saturated rings. The fourth-order valence-electron chi connectivity index (χ4n) is 2.30. The summed E-state index contributed by atoms with van der Waals surface area (Å²) in [6, 6.07) is 8.01. The molecule has 0 heterocycles. The zero-order chi connectivity index (χ0) is 11.5. The number of hydrogen-bond acceptors (Lipinski definition) is 2. The second-order valence-corrected chi connectivity index (χ2v) is 4.96. The Balaban J connectivity index is 2.02. The van der Waals surface area contributed by atoms with E-state index >= 15 is 0 Å². The second kappa shape index (κ2) is 4.88. The van der Waals surface area contributed by atoms with Crippen molar-refractivity contribution in [1.82, 2.24) is 0 Å². The van der Waals surface area contributed by atoms with Gasteiger partial charge in [0.15, 0.2) is 0 Å². The molecule has 1 aliphatic carbocycles. The van der Waals surface area contributed by atoms with Gasteiger partial charge in [0, 0.05) is 0 Å². The van der Waals surface area contributed by atoms with Gasteiger partial charge in [0.2, 0.25) is 0 Å². The lowest BCUT2D eigenvalue weighted by molar-refractivity contribution is -0.00760. The first-order valence-corrected chi connectivity index (χ1v) is 6.06. The average Bonchev–Trinajstić information content (AvgIpc) is 2.24. The van der Waals surface area contributed by atoms with Gasteiger partial charge in [0.1, 0.15) is 11.9 Å². The van der Waals surface area contributed by atoms with E-state index in [9.17, 15) is 5.11 Å². The van der Waals surface area contributed by atoms with Crippen molar-refractivity contribution in [2.75, 3.05) is 0 Å². The van der Waals surface area contributed by atoms with Gasteiger partial charge >= 0.3 is 0 Å². The van der Waals surface area contributed by atoms with Gasteiger partial charge in [-0.25, -0.2) is 0 Å². The minimum absolute atomic E-state index is 0.0365. The Bertz CT molecular complexity index is 348. The van der Waals surface area contributed by atoms with Crippen LogP contribution in [0.2, 0.25) is 0 Å². The van der Waals surface area contributed by atoms with Gasteiger partial charge in [-0.15, -0.1) is 0 Å². The molecular weight excluding hydrogens is 200 g/mol. The Kier molecular flexibility index (Phi) is 3.49. The third-order valence-corrected chi connectivity index (χ3v) is 3.30. The molecule has 1 N–H and O–H groups in total. The van der Waals surface area contributed by atoms with Crippen LogP contribution in [0.4, 0.5) is 0 Å². The first-order chi connectivity index (χ1) is 7.65. The molecule has 1 aromatic carbocycles. The Labute approximate surface area is 97.3 Å². The number of aryl methyl sites for hydroxylation is 1. The van der Waals surface area contributed by atoms with Crippen LogP contribution in [0.15, 0.2) is 24.3 Å². The van der Waals surface area contributed by atoms with E-state index in [0.29, 0.717) is 5.92 Å². The molecule has 2 heteroatoms. The summed E-state index contributed by atoms with van der Waals surface area (Å²) >= 11 is 0. The maximum Gasteiger partial charge on any atom is 0.125 e. The molecule has 16 heavy (non-hydrogen) atoms. The van der Waals surface area contributed by atoms with E-state index in [2.05, 4.69) is 6.92 Å². The van der Waals surface area contributed by atoms with E-state index < -0.39 is 0 Å². The quantitative estimate of drug-likeness (QED) is 0.830. The van der Waals surface area contributed by atoms with Crippen LogP contribution in [-0.4, -0.2) is 17.3 Å². The lowest BCUT2D eigenvalue weighted by Gasteiger charge is -2.31. The summed E-state index contributed by atoms with van der Waals surface area (Å²) in [5.41, 5.74) is 1.19. The zero-order valence-corrected chi connectivity index (χ0v) is 10.0. The molecule has 0 radical (unpaired) electrons. The molecule has 1 aliphatic rings. The topological polar surface area (TPSA) is 29.5 Å². The SMILES string of the molecule is Cc1cccc(OC2CC(C)CCC2O)c1. The smallest absolute Gasteiger partial charge is 0.125 e. The van der Waals surface area contributed by atoms with Gasteiger partial charge < -0.3 is 9.84 Å². The van der Waals surface area contributed by atoms with E-state index in [1.54, 1.807) is 0 Å². The van der Waals surface area contributed by atoms with Crippen LogP contribution in [0.5, 0.6) is 5.75 Å². The van der Waals surface area contributed by atoms with Gasteiger partial charge in [-0.3, -0.25) is 0 Å². The van der Waals surface area contributed by atoms with Crippen molar-refractivity contribution in [3.05, 3.63) is 29.8 Å². The van der Waals surface area contributed by atoms with Crippen molar-refractivity contribution in [3.63, 3.8) is 0 Å². The molecule has 0 aromatic heterocycles. The standard InChI is InChI=1S/C14H20O2/c1-10-4-3-5-12(8-10)16-14-9-11(2)6-7-13(14)15/h3-5,8,11,13-15H,6-7,9H2,1-2H3. The molecule has 3 unspecified atom stereocenters. The number of aliphatic hydroxyl groups is 1. The highest BCUT2D eigenvalue weighted by molar-refractivity contribution is 5.27. The molecule has 0 saturated heterocycles. The summed E-state index contributed by atoms with van der Waals surface area (Å²) < 4.78 is 5.87. The molecule has 3 atom stereocenters. The van der Waals surface area contributed by atoms with Crippen molar-refractivity contribution >= 4 is 0 Å². The first kappa shape index (κ1) is 11.5. The summed E-state index contributed by atoms with van der Waals surface area (Å²) in [6.45, 7) is 4.27. The van der Waals surface area contributed by atoms with Crippen molar-refractivity contribution < 1.29 is 9.84 Å². The molecule has 0 amide bonds. The van der Waals surface area contributed by atoms with Crippen LogP contribution in [0.1, 0.15) is 31.7 Å². The number of benzene rings is 1. The van der Waals surface area contributed by atoms with Crippen LogP contribution < -0.4 is 4.74 Å². The number of ether oxygens (including phenoxy) is 1. The average molecular weight is 220 g/mol. The predicted molar refractivity (Wildman–Crippen MR) is 64.6 cm³/mol. The fourth-order valence-corrected chi connectivity index (χ4v) is 2.30. The number of aliphatic hydroxyl groups excluding tert-OH is 1. The van der Waals surface area contributed by atoms with E-state index in [4.69, 9.17) is 4.74 Å². The van der Waals surface area contributed by atoms with Gasteiger partial charge in [-0.05, 0) is 49.8 Å². The zero-order valence-electron chi connectivity index (χ0n) is 10.0. The molecule has 1 aromatic rings. The van der Waals surface area contributed by atoms with Crippen LogP contribution in [0, 0.1) is 12.8 Å². The van der Waals surface area contributed by atoms with E-state index in [-0.39, 0.29) is 12.2 Å². The highest BCUT2D eigenvalue weighted by Gasteiger charge is 2.28. The monoisotopic (exact) mass is 220 g/mol. The van der Waals surface area contributed by atoms with Gasteiger partial charge in [0.25, 0.3) is 0 Å². The predicted octanol–water partition coefficient (Wildman–Crippen LogP) is 2.92. The minimum atomic E-state index is -0.309. The van der Waals surface area contributed by atoms with Crippen LogP contribution >= 0.6 is 0 Å². The summed E-state index contributed by atoms with van der Waals surface area (Å²) in [6.07, 6.45) is 2.57. The molecule has 0 aliphatic heterocycles. The van der Waals surface area contributed by atoms with Crippen molar-refractivity contribution in [1.29, 1.82) is 0 Å². The molecule has 0 bridgehead atoms. The Morgan fingerprint density at radius 1 is 1.31 bits per heavy atom. The Morgan fingerprint density at radius 2 is 2.12 bits per heavy atom. The summed E-state index contributed by atoms with van der Waals surface area (Å²) in [5, 5.41) is 9.89. The minimum Gasteiger partial charge on any atom is -0.488 e. The van der Waals surface area contributed by atoms with Gasteiger partial charge in [0.05, 0.1) is 6.10 Å². The Hall–Kier alpha value is -1.02. The maximum absolute atomic E-state index is 9.89. The lowest BCUT2D eigenvalue weighted by Crippen LogP contribution is -2.37. The van der Waals surface area contributed by atoms with Gasteiger partial charge in [-0.1, -0.05) is 19.1 Å². The lowest BCUT2D eigenvalue weighted by atomic mass is 9.86. The summed E-state index contributed by atoms with van der Waals surface area (Å²) in [7, 11) is 0. The fraction of sp³-hybridized carbons (Fsp3) is 0.571. The summed E-state index contributed by atoms with van der Waals surface area (Å²) in [5.74, 6) is 1.52. The molecule has 2 nitrogen and oxygen atoms in total. The van der Waals surface area contributed by atoms with Crippen LogP contribution in [0.3, 0.4) is 0 Å². The summed E-state index contributed by atoms with van der Waals surface area (Å²) in [4.78, 5) is 0. The number of rotatable bonds is 2. The van der Waals surface area contributed by atoms with Gasteiger partial charge in [-0.2, -0.15) is 0 Å². The highest BCUT2D eigenvalue weighted by atomic mass is 16.5. The van der Waals surface area contributed by atoms with Crippen molar-refractivity contribution in [2.45, 2.75) is 45.3 Å². The second-order valence-electron chi connectivity index (χ2n) is 4.96. The third-order valence-electron chi connectivity index (χ3n) is 3.30. The molecular formula is C14H20O2. The molecule has 0 spiro atoms. The van der Waals surface area contributed by atoms with Crippen molar-refractivity contribution in [2.24, 2.45) is 5.92 Å². The first-order valence-electron chi connectivity index (χ1n) is 6.06. The normalized spacial score (nSPS) is 30.1. The van der Waals surface area contributed by atoms with E-state index in [1.165, 1.54) is 5.56 Å². The third kappa shape index (κ3) is 2.76. The molecule has 2 rings (SSSR count). The van der Waals surface area contributed by atoms with Crippen LogP contribution in [0.25, 0.3) is 0 Å². The van der Waals surface area contributed by atoms with E-state index in [0.717, 1.165) is 25.0 Å². The molecule has 88 valence electrons.